The van der Waals surface area contributed by atoms with Gasteiger partial charge in [0.1, 0.15) is 5.75 Å². The second-order valence-electron chi connectivity index (χ2n) is 5.10. The summed E-state index contributed by atoms with van der Waals surface area (Å²) in [5.41, 5.74) is 6.98. The molecule has 4 heteroatoms. The van der Waals surface area contributed by atoms with Gasteiger partial charge in [-0.15, -0.1) is 0 Å². The number of nitrogens with zero attached hydrogens (tertiary/aromatic N) is 1. The smallest absolute Gasteiger partial charge is 0.253 e. The molecule has 19 heavy (non-hydrogen) atoms. The first-order chi connectivity index (χ1) is 9.15. The Morgan fingerprint density at radius 3 is 2.68 bits per heavy atom. The van der Waals surface area contributed by atoms with Gasteiger partial charge >= 0.3 is 0 Å². The molecule has 0 atom stereocenters. The van der Waals surface area contributed by atoms with E-state index in [9.17, 15) is 4.79 Å². The van der Waals surface area contributed by atoms with Crippen LogP contribution in [0.25, 0.3) is 0 Å². The van der Waals surface area contributed by atoms with Crippen LogP contribution in [-0.2, 0) is 0 Å². The molecule has 1 fully saturated rings. The number of hydrogen-bond acceptors (Lipinski definition) is 3. The molecule has 1 heterocycles. The number of amides is 1. The van der Waals surface area contributed by atoms with E-state index in [0.29, 0.717) is 17.0 Å². The van der Waals surface area contributed by atoms with Gasteiger partial charge in [0.2, 0.25) is 0 Å². The Hall–Kier alpha value is -1.71. The summed E-state index contributed by atoms with van der Waals surface area (Å²) in [5, 5.41) is 0. The standard InChI is InChI=1S/C15H22N2O2/c1-3-11-6-8-17(9-7-11)15(18)12-4-5-13(16)14(10-12)19-2/h4-5,10-11H,3,6-9,16H2,1-2H3. The highest BCUT2D eigenvalue weighted by molar-refractivity contribution is 5.95. The predicted octanol–water partition coefficient (Wildman–Crippen LogP) is 2.54. The van der Waals surface area contributed by atoms with Gasteiger partial charge in [0.15, 0.2) is 0 Å². The van der Waals surface area contributed by atoms with Crippen molar-refractivity contribution in [3.63, 3.8) is 0 Å². The summed E-state index contributed by atoms with van der Waals surface area (Å²) >= 11 is 0. The number of benzene rings is 1. The number of rotatable bonds is 3. The number of nitrogen functional groups attached to an aromatic ring is 1. The van der Waals surface area contributed by atoms with Crippen molar-refractivity contribution >= 4 is 11.6 Å². The summed E-state index contributed by atoms with van der Waals surface area (Å²) in [7, 11) is 1.56. The number of likely N-dealkylation sites (tertiary alicyclic amines) is 1. The molecule has 1 aromatic carbocycles. The van der Waals surface area contributed by atoms with E-state index in [1.807, 2.05) is 4.90 Å². The van der Waals surface area contributed by atoms with Gasteiger partial charge in [0, 0.05) is 18.7 Å². The van der Waals surface area contributed by atoms with Crippen molar-refractivity contribution in [1.82, 2.24) is 4.90 Å². The molecule has 0 aliphatic carbocycles. The summed E-state index contributed by atoms with van der Waals surface area (Å²) in [6.07, 6.45) is 3.42. The van der Waals surface area contributed by atoms with Crippen molar-refractivity contribution in [2.45, 2.75) is 26.2 Å². The van der Waals surface area contributed by atoms with Crippen molar-refractivity contribution in [3.8, 4) is 5.75 Å². The first-order valence-corrected chi connectivity index (χ1v) is 6.88. The maximum absolute atomic E-state index is 12.4. The lowest BCUT2D eigenvalue weighted by Gasteiger charge is -2.31. The minimum absolute atomic E-state index is 0.0767. The Labute approximate surface area is 114 Å². The van der Waals surface area contributed by atoms with Crippen LogP contribution in [0.15, 0.2) is 18.2 Å². The zero-order chi connectivity index (χ0) is 13.8. The lowest BCUT2D eigenvalue weighted by Crippen LogP contribution is -2.38. The fourth-order valence-corrected chi connectivity index (χ4v) is 2.57. The molecule has 2 N–H and O–H groups in total. The number of hydrogen-bond donors (Lipinski definition) is 1. The zero-order valence-corrected chi connectivity index (χ0v) is 11.7. The zero-order valence-electron chi connectivity index (χ0n) is 11.7. The van der Waals surface area contributed by atoms with E-state index in [0.717, 1.165) is 31.8 Å². The van der Waals surface area contributed by atoms with Gasteiger partial charge in [-0.25, -0.2) is 0 Å². The van der Waals surface area contributed by atoms with E-state index in [1.165, 1.54) is 6.42 Å². The van der Waals surface area contributed by atoms with Crippen LogP contribution in [-0.4, -0.2) is 31.0 Å². The summed E-state index contributed by atoms with van der Waals surface area (Å²) in [6.45, 7) is 3.92. The molecule has 1 saturated heterocycles. The van der Waals surface area contributed by atoms with Crippen molar-refractivity contribution in [2.75, 3.05) is 25.9 Å². The molecule has 2 rings (SSSR count). The molecule has 0 aromatic heterocycles. The summed E-state index contributed by atoms with van der Waals surface area (Å²) in [5.74, 6) is 1.41. The van der Waals surface area contributed by atoms with Crippen molar-refractivity contribution < 1.29 is 9.53 Å². The predicted molar refractivity (Wildman–Crippen MR) is 76.3 cm³/mol. The highest BCUT2D eigenvalue weighted by atomic mass is 16.5. The average molecular weight is 262 g/mol. The quantitative estimate of drug-likeness (QED) is 0.852. The van der Waals surface area contributed by atoms with Crippen LogP contribution in [0.2, 0.25) is 0 Å². The first kappa shape index (κ1) is 13.7. The van der Waals surface area contributed by atoms with E-state index in [-0.39, 0.29) is 5.91 Å². The lowest BCUT2D eigenvalue weighted by atomic mass is 9.94. The van der Waals surface area contributed by atoms with Crippen LogP contribution in [0.4, 0.5) is 5.69 Å². The maximum Gasteiger partial charge on any atom is 0.253 e. The van der Waals surface area contributed by atoms with Gasteiger partial charge < -0.3 is 15.4 Å². The van der Waals surface area contributed by atoms with Crippen molar-refractivity contribution in [2.24, 2.45) is 5.92 Å². The highest BCUT2D eigenvalue weighted by Crippen LogP contribution is 2.25. The van der Waals surface area contributed by atoms with Crippen LogP contribution in [0.5, 0.6) is 5.75 Å². The molecule has 104 valence electrons. The molecule has 1 aromatic rings. The highest BCUT2D eigenvalue weighted by Gasteiger charge is 2.23. The fourth-order valence-electron chi connectivity index (χ4n) is 2.57. The van der Waals surface area contributed by atoms with Crippen LogP contribution in [0, 0.1) is 5.92 Å². The number of anilines is 1. The first-order valence-electron chi connectivity index (χ1n) is 6.88. The number of nitrogens with two attached hydrogens (primary N) is 1. The molecular weight excluding hydrogens is 240 g/mol. The number of ether oxygens (including phenoxy) is 1. The monoisotopic (exact) mass is 262 g/mol. The number of piperidine rings is 1. The molecular formula is C15H22N2O2. The second kappa shape index (κ2) is 5.95. The Kier molecular flexibility index (Phi) is 4.30. The molecule has 0 spiro atoms. The summed E-state index contributed by atoms with van der Waals surface area (Å²) in [4.78, 5) is 14.3. The SMILES string of the molecule is CCC1CCN(C(=O)c2ccc(N)c(OC)c2)CC1. The second-order valence-corrected chi connectivity index (χ2v) is 5.10. The Morgan fingerprint density at radius 2 is 2.11 bits per heavy atom. The average Bonchev–Trinajstić information content (AvgIpc) is 2.47. The summed E-state index contributed by atoms with van der Waals surface area (Å²) < 4.78 is 5.16. The summed E-state index contributed by atoms with van der Waals surface area (Å²) in [6, 6.07) is 5.22. The van der Waals surface area contributed by atoms with Crippen LogP contribution >= 0.6 is 0 Å². The normalized spacial score (nSPS) is 16.4. The third-order valence-electron chi connectivity index (χ3n) is 3.96. The van der Waals surface area contributed by atoms with Gasteiger partial charge in [-0.05, 0) is 37.0 Å². The molecule has 1 aliphatic heterocycles. The topological polar surface area (TPSA) is 55.6 Å². The minimum atomic E-state index is 0.0767. The van der Waals surface area contributed by atoms with E-state index < -0.39 is 0 Å². The third-order valence-corrected chi connectivity index (χ3v) is 3.96. The van der Waals surface area contributed by atoms with Crippen LogP contribution in [0.3, 0.4) is 0 Å². The van der Waals surface area contributed by atoms with Crippen molar-refractivity contribution in [1.29, 1.82) is 0 Å². The maximum atomic E-state index is 12.4. The van der Waals surface area contributed by atoms with E-state index >= 15 is 0 Å². The molecule has 0 bridgehead atoms. The number of carbonyl (C=O) groups excluding carboxylic acids is 1. The molecule has 0 unspecified atom stereocenters. The lowest BCUT2D eigenvalue weighted by molar-refractivity contribution is 0.0688. The largest absolute Gasteiger partial charge is 0.495 e. The Bertz CT molecular complexity index is 451. The number of carbonyl (C=O) groups is 1. The van der Waals surface area contributed by atoms with Gasteiger partial charge in [-0.3, -0.25) is 4.79 Å². The Morgan fingerprint density at radius 1 is 1.42 bits per heavy atom. The molecule has 1 amide bonds. The number of methoxy groups -OCH3 is 1. The fraction of sp³-hybridized carbons (Fsp3) is 0.533. The van der Waals surface area contributed by atoms with Crippen LogP contribution < -0.4 is 10.5 Å². The van der Waals surface area contributed by atoms with Crippen molar-refractivity contribution in [3.05, 3.63) is 23.8 Å². The van der Waals surface area contributed by atoms with Crippen LogP contribution in [0.1, 0.15) is 36.5 Å². The van der Waals surface area contributed by atoms with Gasteiger partial charge in [0.25, 0.3) is 5.91 Å². The minimum Gasteiger partial charge on any atom is -0.495 e. The van der Waals surface area contributed by atoms with E-state index in [2.05, 4.69) is 6.92 Å². The Balaban J connectivity index is 2.08. The van der Waals surface area contributed by atoms with E-state index in [4.69, 9.17) is 10.5 Å². The molecule has 1 aliphatic rings. The van der Waals surface area contributed by atoms with Gasteiger partial charge in [-0.2, -0.15) is 0 Å². The van der Waals surface area contributed by atoms with Gasteiger partial charge in [0.05, 0.1) is 12.8 Å². The molecule has 4 nitrogen and oxygen atoms in total. The van der Waals surface area contributed by atoms with Gasteiger partial charge in [-0.1, -0.05) is 13.3 Å². The van der Waals surface area contributed by atoms with E-state index in [1.54, 1.807) is 25.3 Å². The third kappa shape index (κ3) is 3.00. The molecule has 0 saturated carbocycles. The molecule has 0 radical (unpaired) electrons.